The van der Waals surface area contributed by atoms with Gasteiger partial charge < -0.3 is 10.2 Å². The van der Waals surface area contributed by atoms with E-state index < -0.39 is 11.4 Å². The average molecular weight is 459 g/mol. The van der Waals surface area contributed by atoms with Gasteiger partial charge in [-0.1, -0.05) is 48.5 Å². The van der Waals surface area contributed by atoms with E-state index >= 15 is 0 Å². The fourth-order valence-corrected chi connectivity index (χ4v) is 11.8. The molecular formula is C30H50O3. The lowest BCUT2D eigenvalue weighted by atomic mass is 9.32. The van der Waals surface area contributed by atoms with Crippen molar-refractivity contribution in [1.82, 2.24) is 0 Å². The minimum atomic E-state index is -0.497. The molecule has 5 rings (SSSR count). The van der Waals surface area contributed by atoms with Crippen LogP contribution in [0.3, 0.4) is 0 Å². The summed E-state index contributed by atoms with van der Waals surface area (Å²) in [4.78, 5) is 12.8. The Hall–Kier alpha value is -0.570. The molecule has 10 atom stereocenters. The highest BCUT2D eigenvalue weighted by Gasteiger charge is 2.72. The number of hydrogen-bond acceptors (Lipinski definition) is 2. The van der Waals surface area contributed by atoms with Crippen molar-refractivity contribution < 1.29 is 15.0 Å². The van der Waals surface area contributed by atoms with Gasteiger partial charge in [0.05, 0.1) is 11.5 Å². The van der Waals surface area contributed by atoms with Gasteiger partial charge in [0, 0.05) is 0 Å². The molecule has 3 nitrogen and oxygen atoms in total. The van der Waals surface area contributed by atoms with Crippen LogP contribution < -0.4 is 0 Å². The minimum Gasteiger partial charge on any atom is -0.481 e. The molecule has 5 aliphatic rings. The Kier molecular flexibility index (Phi) is 5.29. The summed E-state index contributed by atoms with van der Waals surface area (Å²) in [6, 6.07) is 0. The zero-order chi connectivity index (χ0) is 24.2. The zero-order valence-corrected chi connectivity index (χ0v) is 22.4. The van der Waals surface area contributed by atoms with Gasteiger partial charge in [-0.3, -0.25) is 4.79 Å². The van der Waals surface area contributed by atoms with Crippen LogP contribution in [-0.2, 0) is 4.79 Å². The highest BCUT2D eigenvalue weighted by atomic mass is 16.4. The predicted molar refractivity (Wildman–Crippen MR) is 133 cm³/mol. The number of aliphatic hydroxyl groups excluding tert-OH is 1. The lowest BCUT2D eigenvalue weighted by molar-refractivity contribution is -0.249. The van der Waals surface area contributed by atoms with E-state index in [-0.39, 0.29) is 27.8 Å². The molecule has 0 bridgehead atoms. The van der Waals surface area contributed by atoms with Crippen LogP contribution in [0.1, 0.15) is 113 Å². The Bertz CT molecular complexity index is 817. The van der Waals surface area contributed by atoms with Crippen LogP contribution in [0.25, 0.3) is 0 Å². The number of rotatable bonds is 2. The molecule has 1 unspecified atom stereocenters. The number of hydrogen-bond donors (Lipinski definition) is 2. The van der Waals surface area contributed by atoms with Crippen molar-refractivity contribution in [3.05, 3.63) is 0 Å². The molecule has 0 aliphatic heterocycles. The molecule has 5 aliphatic carbocycles. The first-order valence-electron chi connectivity index (χ1n) is 14.2. The molecule has 0 spiro atoms. The topological polar surface area (TPSA) is 57.5 Å². The molecule has 0 amide bonds. The van der Waals surface area contributed by atoms with E-state index in [1.165, 1.54) is 25.7 Å². The van der Waals surface area contributed by atoms with E-state index in [1.807, 2.05) is 0 Å². The van der Waals surface area contributed by atoms with Gasteiger partial charge in [0.1, 0.15) is 0 Å². The molecule has 0 aromatic rings. The lowest BCUT2D eigenvalue weighted by Gasteiger charge is -2.72. The molecule has 0 radical (unpaired) electrons. The quantitative estimate of drug-likeness (QED) is 0.461. The van der Waals surface area contributed by atoms with Crippen molar-refractivity contribution in [3.8, 4) is 0 Å². The zero-order valence-electron chi connectivity index (χ0n) is 22.4. The minimum absolute atomic E-state index is 0.00863. The maximum atomic E-state index is 12.8. The van der Waals surface area contributed by atoms with E-state index in [0.717, 1.165) is 38.5 Å². The second-order valence-corrected chi connectivity index (χ2v) is 15.0. The Balaban J connectivity index is 1.56. The third kappa shape index (κ3) is 2.81. The van der Waals surface area contributed by atoms with E-state index in [4.69, 9.17) is 0 Å². The van der Waals surface area contributed by atoms with E-state index in [2.05, 4.69) is 48.5 Å². The SMILES string of the molecule is CC(C)[C@@H]1CC[C@]2(C(=O)O)CC[C@]3(C)C(CC[C@@H]4[C@@]5(C)CC[C@@H](O)C(C)(C)[C@@H]5CC[C@]43C)[C@H]12. The molecule has 2 N–H and O–H groups in total. The Morgan fingerprint density at radius 2 is 1.48 bits per heavy atom. The van der Waals surface area contributed by atoms with Crippen LogP contribution in [0, 0.1) is 62.6 Å². The molecule has 0 heterocycles. The second kappa shape index (κ2) is 7.23. The first-order valence-corrected chi connectivity index (χ1v) is 14.2. The summed E-state index contributed by atoms with van der Waals surface area (Å²) in [6.07, 6.45) is 10.8. The molecule has 5 fully saturated rings. The largest absolute Gasteiger partial charge is 0.481 e. The summed E-state index contributed by atoms with van der Waals surface area (Å²) < 4.78 is 0. The molecular weight excluding hydrogens is 408 g/mol. The summed E-state index contributed by atoms with van der Waals surface area (Å²) in [5.41, 5.74) is 0.309. The number of fused-ring (bicyclic) bond motifs is 7. The molecule has 188 valence electrons. The first kappa shape index (κ1) is 24.1. The highest BCUT2D eigenvalue weighted by molar-refractivity contribution is 5.76. The van der Waals surface area contributed by atoms with Gasteiger partial charge in [0.2, 0.25) is 0 Å². The van der Waals surface area contributed by atoms with Gasteiger partial charge in [0.25, 0.3) is 0 Å². The maximum Gasteiger partial charge on any atom is 0.309 e. The van der Waals surface area contributed by atoms with Crippen LogP contribution >= 0.6 is 0 Å². The lowest BCUT2D eigenvalue weighted by Crippen LogP contribution is -2.67. The van der Waals surface area contributed by atoms with Gasteiger partial charge in [0.15, 0.2) is 0 Å². The van der Waals surface area contributed by atoms with Gasteiger partial charge >= 0.3 is 5.97 Å². The summed E-state index contributed by atoms with van der Waals surface area (Å²) in [7, 11) is 0. The van der Waals surface area contributed by atoms with E-state index in [9.17, 15) is 15.0 Å². The number of carboxylic acid groups (broad SMARTS) is 1. The molecule has 0 saturated heterocycles. The second-order valence-electron chi connectivity index (χ2n) is 15.0. The summed E-state index contributed by atoms with van der Waals surface area (Å²) in [5, 5.41) is 21.4. The normalized spacial score (nSPS) is 55.3. The molecule has 33 heavy (non-hydrogen) atoms. The third-order valence-electron chi connectivity index (χ3n) is 13.7. The fourth-order valence-electron chi connectivity index (χ4n) is 11.8. The molecule has 3 heteroatoms. The third-order valence-corrected chi connectivity index (χ3v) is 13.7. The van der Waals surface area contributed by atoms with Gasteiger partial charge in [-0.05, 0) is 121 Å². The van der Waals surface area contributed by atoms with Crippen molar-refractivity contribution in [1.29, 1.82) is 0 Å². The monoisotopic (exact) mass is 458 g/mol. The molecule has 5 saturated carbocycles. The number of aliphatic carboxylic acids is 1. The van der Waals surface area contributed by atoms with Crippen LogP contribution in [-0.4, -0.2) is 22.3 Å². The van der Waals surface area contributed by atoms with Crippen molar-refractivity contribution in [2.45, 2.75) is 119 Å². The molecule has 0 aromatic heterocycles. The standard InChI is InChI=1S/C30H50O3/c1-18(2)19-10-15-30(25(32)33)17-16-28(6)20(24(19)30)8-9-22-27(5)13-12-23(31)26(3,4)21(27)11-14-29(22,28)7/h18-24,31H,8-17H2,1-7H3,(H,32,33)/t19-,20?,21-,22+,23+,24-,27-,28+,29+,30-/m0/s1. The predicted octanol–water partition coefficient (Wildman–Crippen LogP) is 7.17. The smallest absolute Gasteiger partial charge is 0.309 e. The van der Waals surface area contributed by atoms with Gasteiger partial charge in [-0.15, -0.1) is 0 Å². The Morgan fingerprint density at radius 3 is 2.12 bits per heavy atom. The van der Waals surface area contributed by atoms with Crippen molar-refractivity contribution in [2.75, 3.05) is 0 Å². The summed E-state index contributed by atoms with van der Waals surface area (Å²) in [5.74, 6) is 2.79. The average Bonchev–Trinajstić information content (AvgIpc) is 3.13. The van der Waals surface area contributed by atoms with Crippen molar-refractivity contribution >= 4 is 5.97 Å². The number of carbonyl (C=O) groups is 1. The number of aliphatic hydroxyl groups is 1. The summed E-state index contributed by atoms with van der Waals surface area (Å²) in [6.45, 7) is 17.1. The fraction of sp³-hybridized carbons (Fsp3) is 0.967. The van der Waals surface area contributed by atoms with Crippen LogP contribution in [0.15, 0.2) is 0 Å². The Morgan fingerprint density at radius 1 is 0.788 bits per heavy atom. The van der Waals surface area contributed by atoms with Crippen LogP contribution in [0.5, 0.6) is 0 Å². The Labute approximate surface area is 202 Å². The van der Waals surface area contributed by atoms with E-state index in [0.29, 0.717) is 35.5 Å². The first-order chi connectivity index (χ1) is 15.3. The maximum absolute atomic E-state index is 12.8. The highest BCUT2D eigenvalue weighted by Crippen LogP contribution is 2.77. The van der Waals surface area contributed by atoms with Gasteiger partial charge in [-0.2, -0.15) is 0 Å². The van der Waals surface area contributed by atoms with Crippen LogP contribution in [0.4, 0.5) is 0 Å². The van der Waals surface area contributed by atoms with Crippen LogP contribution in [0.2, 0.25) is 0 Å². The van der Waals surface area contributed by atoms with Gasteiger partial charge in [-0.25, -0.2) is 0 Å². The van der Waals surface area contributed by atoms with E-state index in [1.54, 1.807) is 0 Å². The number of carboxylic acids is 1. The summed E-state index contributed by atoms with van der Waals surface area (Å²) >= 11 is 0. The van der Waals surface area contributed by atoms with Crippen molar-refractivity contribution in [2.24, 2.45) is 62.6 Å². The molecule has 0 aromatic carbocycles. The van der Waals surface area contributed by atoms with Crippen molar-refractivity contribution in [3.63, 3.8) is 0 Å².